The van der Waals surface area contributed by atoms with Gasteiger partial charge in [0.2, 0.25) is 5.91 Å². The summed E-state index contributed by atoms with van der Waals surface area (Å²) in [5.74, 6) is 0.162. The topological polar surface area (TPSA) is 58.4 Å². The minimum atomic E-state index is 0.0716. The van der Waals surface area contributed by atoms with Gasteiger partial charge in [-0.05, 0) is 44.3 Å². The molecule has 1 rings (SSSR count). The molecule has 1 fully saturated rings. The highest BCUT2D eigenvalue weighted by molar-refractivity contribution is 5.81. The van der Waals surface area contributed by atoms with Crippen molar-refractivity contribution < 1.29 is 4.79 Å². The quantitative estimate of drug-likeness (QED) is 0.754. The predicted molar refractivity (Wildman–Crippen MR) is 70.7 cm³/mol. The lowest BCUT2D eigenvalue weighted by Gasteiger charge is -2.36. The summed E-state index contributed by atoms with van der Waals surface area (Å²) >= 11 is 0. The number of piperidine rings is 1. The van der Waals surface area contributed by atoms with Crippen LogP contribution in [0.5, 0.6) is 0 Å². The Kier molecular flexibility index (Phi) is 5.40. The number of carbonyl (C=O) groups excluding carboxylic acids is 1. The smallest absolute Gasteiger partial charge is 0.237 e. The van der Waals surface area contributed by atoms with Crippen molar-refractivity contribution in [1.82, 2.24) is 10.2 Å². The van der Waals surface area contributed by atoms with E-state index in [4.69, 9.17) is 5.73 Å². The molecule has 1 aliphatic rings. The van der Waals surface area contributed by atoms with E-state index < -0.39 is 0 Å². The first kappa shape index (κ1) is 14.5. The van der Waals surface area contributed by atoms with E-state index in [1.165, 1.54) is 6.42 Å². The molecule has 0 bridgehead atoms. The number of likely N-dealkylation sites (N-methyl/N-ethyl adjacent to an activating group) is 1. The normalized spacial score (nSPS) is 22.5. The molecule has 100 valence electrons. The highest BCUT2D eigenvalue weighted by Gasteiger charge is 2.29. The van der Waals surface area contributed by atoms with Crippen LogP contribution in [-0.4, -0.2) is 43.5 Å². The number of likely N-dealkylation sites (tertiary alicyclic amines) is 1. The molecule has 17 heavy (non-hydrogen) atoms. The first-order valence-electron chi connectivity index (χ1n) is 6.66. The Morgan fingerprint density at radius 1 is 1.47 bits per heavy atom. The fourth-order valence-corrected chi connectivity index (χ4v) is 2.27. The van der Waals surface area contributed by atoms with Crippen molar-refractivity contribution in [2.24, 2.45) is 11.1 Å². The van der Waals surface area contributed by atoms with Gasteiger partial charge in [0.1, 0.15) is 0 Å². The molecule has 0 aromatic heterocycles. The van der Waals surface area contributed by atoms with Gasteiger partial charge in [0, 0.05) is 7.05 Å². The summed E-state index contributed by atoms with van der Waals surface area (Å²) in [6.45, 7) is 7.09. The third-order valence-electron chi connectivity index (χ3n) is 3.79. The summed E-state index contributed by atoms with van der Waals surface area (Å²) in [7, 11) is 1.72. The molecule has 4 nitrogen and oxygen atoms in total. The Balaban J connectivity index is 2.51. The first-order valence-corrected chi connectivity index (χ1v) is 6.66. The Bertz CT molecular complexity index is 253. The molecular weight excluding hydrogens is 214 g/mol. The molecule has 0 spiro atoms. The lowest BCUT2D eigenvalue weighted by atomic mass is 9.88. The molecule has 0 radical (unpaired) electrons. The SMILES string of the molecule is CNC(=O)C1CCCCN1CCC(C)(C)CN. The van der Waals surface area contributed by atoms with Crippen LogP contribution in [0.3, 0.4) is 0 Å². The summed E-state index contributed by atoms with van der Waals surface area (Å²) in [4.78, 5) is 14.1. The molecule has 0 aromatic rings. The van der Waals surface area contributed by atoms with Crippen LogP contribution in [0.25, 0.3) is 0 Å². The van der Waals surface area contributed by atoms with Gasteiger partial charge in [0.25, 0.3) is 0 Å². The Morgan fingerprint density at radius 2 is 2.18 bits per heavy atom. The first-order chi connectivity index (χ1) is 8.00. The zero-order valence-electron chi connectivity index (χ0n) is 11.5. The average Bonchev–Trinajstić information content (AvgIpc) is 2.36. The second-order valence-electron chi connectivity index (χ2n) is 5.78. The molecule has 0 aliphatic carbocycles. The van der Waals surface area contributed by atoms with Gasteiger partial charge >= 0.3 is 0 Å². The van der Waals surface area contributed by atoms with Gasteiger partial charge in [-0.25, -0.2) is 0 Å². The molecule has 1 saturated heterocycles. The maximum Gasteiger partial charge on any atom is 0.237 e. The van der Waals surface area contributed by atoms with Crippen LogP contribution in [0.2, 0.25) is 0 Å². The molecule has 1 atom stereocenters. The molecule has 1 amide bonds. The van der Waals surface area contributed by atoms with E-state index in [2.05, 4.69) is 24.1 Å². The van der Waals surface area contributed by atoms with Crippen molar-refractivity contribution in [2.45, 2.75) is 45.6 Å². The van der Waals surface area contributed by atoms with Crippen molar-refractivity contribution in [1.29, 1.82) is 0 Å². The third kappa shape index (κ3) is 4.28. The summed E-state index contributed by atoms with van der Waals surface area (Å²) in [5.41, 5.74) is 5.92. The van der Waals surface area contributed by atoms with Gasteiger partial charge in [-0.15, -0.1) is 0 Å². The van der Waals surface area contributed by atoms with Crippen LogP contribution in [-0.2, 0) is 4.79 Å². The van der Waals surface area contributed by atoms with Crippen LogP contribution in [0.1, 0.15) is 39.5 Å². The van der Waals surface area contributed by atoms with E-state index >= 15 is 0 Å². The van der Waals surface area contributed by atoms with Gasteiger partial charge in [-0.3, -0.25) is 9.69 Å². The number of hydrogen-bond donors (Lipinski definition) is 2. The monoisotopic (exact) mass is 241 g/mol. The van der Waals surface area contributed by atoms with Gasteiger partial charge in [-0.1, -0.05) is 20.3 Å². The van der Waals surface area contributed by atoms with E-state index in [0.717, 1.165) is 32.4 Å². The van der Waals surface area contributed by atoms with Crippen LogP contribution in [0.4, 0.5) is 0 Å². The summed E-state index contributed by atoms with van der Waals surface area (Å²) < 4.78 is 0. The second kappa shape index (κ2) is 6.36. The minimum Gasteiger partial charge on any atom is -0.358 e. The number of nitrogens with one attached hydrogen (secondary N) is 1. The maximum atomic E-state index is 11.8. The summed E-state index contributed by atoms with van der Waals surface area (Å²) in [6, 6.07) is 0.0716. The van der Waals surface area contributed by atoms with E-state index in [0.29, 0.717) is 6.54 Å². The van der Waals surface area contributed by atoms with Crippen LogP contribution in [0.15, 0.2) is 0 Å². The van der Waals surface area contributed by atoms with Crippen LogP contribution in [0, 0.1) is 5.41 Å². The Labute approximate surface area is 105 Å². The Hall–Kier alpha value is -0.610. The fourth-order valence-electron chi connectivity index (χ4n) is 2.27. The Morgan fingerprint density at radius 3 is 2.76 bits per heavy atom. The number of nitrogens with zero attached hydrogens (tertiary/aromatic N) is 1. The van der Waals surface area contributed by atoms with Crippen molar-refractivity contribution in [2.75, 3.05) is 26.7 Å². The molecule has 1 heterocycles. The molecule has 3 N–H and O–H groups in total. The molecule has 0 aromatic carbocycles. The van der Waals surface area contributed by atoms with Crippen molar-refractivity contribution in [3.63, 3.8) is 0 Å². The summed E-state index contributed by atoms with van der Waals surface area (Å²) in [6.07, 6.45) is 4.41. The van der Waals surface area contributed by atoms with E-state index in [1.807, 2.05) is 0 Å². The number of nitrogens with two attached hydrogens (primary N) is 1. The molecule has 4 heteroatoms. The van der Waals surface area contributed by atoms with E-state index in [9.17, 15) is 4.79 Å². The zero-order chi connectivity index (χ0) is 12.9. The van der Waals surface area contributed by atoms with E-state index in [1.54, 1.807) is 7.05 Å². The lowest BCUT2D eigenvalue weighted by Crippen LogP contribution is -2.49. The van der Waals surface area contributed by atoms with Crippen LogP contribution >= 0.6 is 0 Å². The van der Waals surface area contributed by atoms with Crippen LogP contribution < -0.4 is 11.1 Å². The maximum absolute atomic E-state index is 11.8. The van der Waals surface area contributed by atoms with Gasteiger partial charge < -0.3 is 11.1 Å². The summed E-state index contributed by atoms with van der Waals surface area (Å²) in [5, 5.41) is 2.77. The minimum absolute atomic E-state index is 0.0716. The van der Waals surface area contributed by atoms with Crippen molar-refractivity contribution >= 4 is 5.91 Å². The lowest BCUT2D eigenvalue weighted by molar-refractivity contribution is -0.127. The molecule has 1 aliphatic heterocycles. The standard InChI is InChI=1S/C13H27N3O/c1-13(2,10-14)7-9-16-8-5-4-6-11(16)12(17)15-3/h11H,4-10,14H2,1-3H3,(H,15,17). The van der Waals surface area contributed by atoms with Gasteiger partial charge in [0.15, 0.2) is 0 Å². The van der Waals surface area contributed by atoms with Gasteiger partial charge in [-0.2, -0.15) is 0 Å². The molecule has 1 unspecified atom stereocenters. The molecule has 0 saturated carbocycles. The van der Waals surface area contributed by atoms with E-state index in [-0.39, 0.29) is 17.4 Å². The predicted octanol–water partition coefficient (Wildman–Crippen LogP) is 0.962. The number of hydrogen-bond acceptors (Lipinski definition) is 3. The fraction of sp³-hybridized carbons (Fsp3) is 0.923. The highest BCUT2D eigenvalue weighted by atomic mass is 16.2. The average molecular weight is 241 g/mol. The van der Waals surface area contributed by atoms with Crippen molar-refractivity contribution in [3.05, 3.63) is 0 Å². The van der Waals surface area contributed by atoms with Crippen molar-refractivity contribution in [3.8, 4) is 0 Å². The zero-order valence-corrected chi connectivity index (χ0v) is 11.5. The largest absolute Gasteiger partial charge is 0.358 e. The number of carbonyl (C=O) groups is 1. The highest BCUT2D eigenvalue weighted by Crippen LogP contribution is 2.23. The third-order valence-corrected chi connectivity index (χ3v) is 3.79. The number of amides is 1. The second-order valence-corrected chi connectivity index (χ2v) is 5.78. The number of rotatable bonds is 5. The van der Waals surface area contributed by atoms with Gasteiger partial charge in [0.05, 0.1) is 6.04 Å². The molecular formula is C13H27N3O.